The summed E-state index contributed by atoms with van der Waals surface area (Å²) in [6.07, 6.45) is -2.17. The van der Waals surface area contributed by atoms with Crippen molar-refractivity contribution < 1.29 is 29.0 Å². The van der Waals surface area contributed by atoms with Crippen molar-refractivity contribution in [1.29, 1.82) is 0 Å². The number of esters is 1. The third-order valence-corrected chi connectivity index (χ3v) is 1.55. The second-order valence-corrected chi connectivity index (χ2v) is 4.53. The maximum atomic E-state index is 11.4. The van der Waals surface area contributed by atoms with Gasteiger partial charge in [-0.15, -0.1) is 0 Å². The Hall–Kier alpha value is -1.92. The largest absolute Gasteiger partial charge is 0.477 e. The van der Waals surface area contributed by atoms with Gasteiger partial charge < -0.3 is 14.6 Å². The van der Waals surface area contributed by atoms with E-state index in [1.807, 2.05) is 0 Å². The smallest absolute Gasteiger partial charge is 0.434 e. The van der Waals surface area contributed by atoms with Gasteiger partial charge in [0.2, 0.25) is 0 Å². The summed E-state index contributed by atoms with van der Waals surface area (Å²) < 4.78 is 9.49. The molecular formula is C11H17NO6. The molecule has 7 nitrogen and oxygen atoms in total. The summed E-state index contributed by atoms with van der Waals surface area (Å²) in [5.41, 5.74) is -1.37. The van der Waals surface area contributed by atoms with Crippen molar-refractivity contribution >= 4 is 23.7 Å². The topological polar surface area (TPSA) is 102 Å². The fraction of sp³-hybridized carbons (Fsp3) is 0.636. The van der Waals surface area contributed by atoms with E-state index in [2.05, 4.69) is 9.73 Å². The Kier molecular flexibility index (Phi) is 5.48. The average Bonchev–Trinajstić information content (AvgIpc) is 2.09. The normalized spacial score (nSPS) is 13.7. The van der Waals surface area contributed by atoms with Crippen LogP contribution in [0.4, 0.5) is 4.79 Å². The van der Waals surface area contributed by atoms with Crippen LogP contribution in [-0.4, -0.2) is 40.6 Å². The first kappa shape index (κ1) is 16.1. The van der Waals surface area contributed by atoms with Crippen molar-refractivity contribution in [2.45, 2.75) is 46.3 Å². The van der Waals surface area contributed by atoms with E-state index in [9.17, 15) is 14.4 Å². The summed E-state index contributed by atoms with van der Waals surface area (Å²) in [7, 11) is 0. The van der Waals surface area contributed by atoms with Gasteiger partial charge in [0.1, 0.15) is 11.7 Å². The number of aliphatic carboxylic acids is 1. The number of rotatable bonds is 3. The maximum Gasteiger partial charge on any atom is 0.434 e. The first-order valence-electron chi connectivity index (χ1n) is 5.25. The third-order valence-electron chi connectivity index (χ3n) is 1.55. The zero-order valence-electron chi connectivity index (χ0n) is 11.0. The van der Waals surface area contributed by atoms with Crippen molar-refractivity contribution in [3.05, 3.63) is 0 Å². The van der Waals surface area contributed by atoms with Gasteiger partial charge in [-0.2, -0.15) is 4.99 Å². The monoisotopic (exact) mass is 259 g/mol. The Bertz CT molecular complexity index is 379. The molecule has 0 aliphatic heterocycles. The fourth-order valence-corrected chi connectivity index (χ4v) is 1.00. The van der Waals surface area contributed by atoms with Gasteiger partial charge in [0.05, 0.1) is 0 Å². The molecule has 0 aliphatic carbocycles. The quantitative estimate of drug-likeness (QED) is 0.607. The number of amides is 1. The minimum absolute atomic E-state index is 0.584. The van der Waals surface area contributed by atoms with Crippen LogP contribution in [0.1, 0.15) is 34.6 Å². The molecule has 18 heavy (non-hydrogen) atoms. The number of nitrogens with zero attached hydrogens (tertiary/aromatic N) is 1. The average molecular weight is 259 g/mol. The lowest BCUT2D eigenvalue weighted by molar-refractivity contribution is -0.143. The van der Waals surface area contributed by atoms with E-state index in [1.165, 1.54) is 6.92 Å². The number of carbonyl (C=O) groups is 3. The zero-order chi connectivity index (χ0) is 14.5. The summed E-state index contributed by atoms with van der Waals surface area (Å²) in [5, 5.41) is 8.87. The first-order valence-corrected chi connectivity index (χ1v) is 5.25. The van der Waals surface area contributed by atoms with Crippen LogP contribution in [0, 0.1) is 0 Å². The van der Waals surface area contributed by atoms with Gasteiger partial charge in [-0.25, -0.2) is 9.59 Å². The minimum Gasteiger partial charge on any atom is -0.477 e. The predicted molar refractivity (Wildman–Crippen MR) is 62.5 cm³/mol. The maximum absolute atomic E-state index is 11.4. The van der Waals surface area contributed by atoms with Gasteiger partial charge in [-0.1, -0.05) is 0 Å². The molecule has 102 valence electrons. The van der Waals surface area contributed by atoms with Crippen LogP contribution < -0.4 is 0 Å². The Morgan fingerprint density at radius 1 is 1.22 bits per heavy atom. The van der Waals surface area contributed by atoms with Crippen molar-refractivity contribution in [2.24, 2.45) is 4.99 Å². The Balaban J connectivity index is 4.95. The van der Waals surface area contributed by atoms with Crippen LogP contribution in [0.25, 0.3) is 0 Å². The molecule has 0 radical (unpaired) electrons. The summed E-state index contributed by atoms with van der Waals surface area (Å²) in [6.45, 7) is 7.30. The number of hydrogen-bond acceptors (Lipinski definition) is 5. The zero-order valence-corrected chi connectivity index (χ0v) is 11.0. The highest BCUT2D eigenvalue weighted by Gasteiger charge is 2.24. The molecule has 0 saturated heterocycles. The van der Waals surface area contributed by atoms with Crippen LogP contribution in [0.3, 0.4) is 0 Å². The van der Waals surface area contributed by atoms with E-state index < -0.39 is 35.4 Å². The molecule has 0 heterocycles. The predicted octanol–water partition coefficient (Wildman–Crippen LogP) is 1.40. The highest BCUT2D eigenvalue weighted by atomic mass is 16.6. The number of hydrogen-bond donors (Lipinski definition) is 1. The lowest BCUT2D eigenvalue weighted by atomic mass is 10.2. The molecule has 0 unspecified atom stereocenters. The summed E-state index contributed by atoms with van der Waals surface area (Å²) in [6, 6.07) is 0. The molecule has 1 atom stereocenters. The number of aliphatic imine (C=N–C) groups is 1. The van der Waals surface area contributed by atoms with Gasteiger partial charge >= 0.3 is 18.0 Å². The van der Waals surface area contributed by atoms with Crippen LogP contribution in [-0.2, 0) is 19.1 Å². The molecule has 0 aromatic heterocycles. The molecule has 0 aromatic carbocycles. The Labute approximate surface area is 105 Å². The number of carboxylic acid groups (broad SMARTS) is 1. The number of carbonyl (C=O) groups excluding carboxylic acids is 2. The molecule has 0 fully saturated rings. The molecule has 1 amide bonds. The second-order valence-electron chi connectivity index (χ2n) is 4.53. The van der Waals surface area contributed by atoms with E-state index in [4.69, 9.17) is 9.84 Å². The molecule has 0 rings (SSSR count). The van der Waals surface area contributed by atoms with Gasteiger partial charge in [0, 0.05) is 6.92 Å². The van der Waals surface area contributed by atoms with Crippen molar-refractivity contribution in [3.8, 4) is 0 Å². The van der Waals surface area contributed by atoms with Crippen LogP contribution in [0.15, 0.2) is 4.99 Å². The fourth-order valence-electron chi connectivity index (χ4n) is 1.00. The number of ether oxygens (including phenoxy) is 2. The SMILES string of the molecule is CC(=O)O[C@H](C)/C(=N\C(=O)OC(C)(C)C)C(=O)O. The van der Waals surface area contributed by atoms with Crippen LogP contribution >= 0.6 is 0 Å². The van der Waals surface area contributed by atoms with Gasteiger partial charge in [-0.3, -0.25) is 4.79 Å². The van der Waals surface area contributed by atoms with E-state index in [-0.39, 0.29) is 0 Å². The lowest BCUT2D eigenvalue weighted by Crippen LogP contribution is -2.32. The van der Waals surface area contributed by atoms with Crippen LogP contribution in [0.2, 0.25) is 0 Å². The van der Waals surface area contributed by atoms with Crippen molar-refractivity contribution in [1.82, 2.24) is 0 Å². The molecule has 0 saturated carbocycles. The van der Waals surface area contributed by atoms with Gasteiger partial charge in [0.25, 0.3) is 0 Å². The number of carboxylic acids is 1. The standard InChI is InChI=1S/C11H17NO6/c1-6(17-7(2)13)8(9(14)15)12-10(16)18-11(3,4)5/h6H,1-5H3,(H,14,15)/b12-8+/t6-/m1/s1. The molecular weight excluding hydrogens is 242 g/mol. The molecule has 1 N–H and O–H groups in total. The van der Waals surface area contributed by atoms with E-state index >= 15 is 0 Å². The van der Waals surface area contributed by atoms with Crippen molar-refractivity contribution in [2.75, 3.05) is 0 Å². The summed E-state index contributed by atoms with van der Waals surface area (Å²) >= 11 is 0. The highest BCUT2D eigenvalue weighted by Crippen LogP contribution is 2.09. The first-order chi connectivity index (χ1) is 8.03. The Morgan fingerprint density at radius 2 is 1.72 bits per heavy atom. The molecule has 7 heteroatoms. The molecule has 0 aromatic rings. The van der Waals surface area contributed by atoms with Gasteiger partial charge in [0.15, 0.2) is 5.71 Å². The second kappa shape index (κ2) is 6.13. The van der Waals surface area contributed by atoms with E-state index in [0.717, 1.165) is 6.92 Å². The van der Waals surface area contributed by atoms with Crippen LogP contribution in [0.5, 0.6) is 0 Å². The highest BCUT2D eigenvalue weighted by molar-refractivity contribution is 6.39. The summed E-state index contributed by atoms with van der Waals surface area (Å²) in [5.74, 6) is -2.12. The van der Waals surface area contributed by atoms with Crippen molar-refractivity contribution in [3.63, 3.8) is 0 Å². The third kappa shape index (κ3) is 6.62. The Morgan fingerprint density at radius 3 is 2.06 bits per heavy atom. The lowest BCUT2D eigenvalue weighted by Gasteiger charge is -2.18. The van der Waals surface area contributed by atoms with Gasteiger partial charge in [-0.05, 0) is 27.7 Å². The molecule has 0 spiro atoms. The molecule has 0 aliphatic rings. The van der Waals surface area contributed by atoms with E-state index in [1.54, 1.807) is 20.8 Å². The van der Waals surface area contributed by atoms with E-state index in [0.29, 0.717) is 0 Å². The summed E-state index contributed by atoms with van der Waals surface area (Å²) in [4.78, 5) is 36.2. The molecule has 0 bridgehead atoms. The minimum atomic E-state index is -1.45.